The Bertz CT molecular complexity index is 893. The first-order valence-electron chi connectivity index (χ1n) is 10.8. The van der Waals surface area contributed by atoms with Crippen molar-refractivity contribution in [3.05, 3.63) is 94.6 Å². The molecule has 150 valence electrons. The van der Waals surface area contributed by atoms with Gasteiger partial charge in [0.1, 0.15) is 0 Å². The molecule has 2 aromatic carbocycles. The molecule has 0 radical (unpaired) electrons. The quantitative estimate of drug-likeness (QED) is 0.244. The molecule has 0 N–H and O–H groups in total. The predicted octanol–water partition coefficient (Wildman–Crippen LogP) is 8.48. The maximum absolute atomic E-state index is 3.51. The number of hydrogen-bond donors (Lipinski definition) is 0. The molecule has 0 aliphatic carbocycles. The van der Waals surface area contributed by atoms with Crippen molar-refractivity contribution in [3.63, 3.8) is 0 Å². The van der Waals surface area contributed by atoms with Crippen molar-refractivity contribution < 1.29 is 0 Å². The molecule has 0 heterocycles. The van der Waals surface area contributed by atoms with E-state index in [0.717, 1.165) is 12.0 Å². The summed E-state index contributed by atoms with van der Waals surface area (Å²) in [6.07, 6.45) is 10.5. The number of rotatable bonds is 8. The Hall–Kier alpha value is -2.78. The van der Waals surface area contributed by atoms with Crippen LogP contribution in [0.5, 0.6) is 0 Å². The average molecular weight is 383 g/mol. The van der Waals surface area contributed by atoms with E-state index in [-0.39, 0.29) is 0 Å². The van der Waals surface area contributed by atoms with Crippen LogP contribution in [0.2, 0.25) is 0 Å². The first-order valence-corrected chi connectivity index (χ1v) is 10.8. The summed E-state index contributed by atoms with van der Waals surface area (Å²) in [4.78, 5) is 0. The zero-order valence-electron chi connectivity index (χ0n) is 18.5. The highest BCUT2D eigenvalue weighted by Gasteiger charge is 2.04. The molecular formula is C29H34. The largest absolute Gasteiger partial charge is 0.0654 e. The summed E-state index contributed by atoms with van der Waals surface area (Å²) < 4.78 is 0. The summed E-state index contributed by atoms with van der Waals surface area (Å²) >= 11 is 0. The van der Waals surface area contributed by atoms with Crippen LogP contribution in [0.1, 0.15) is 70.9 Å². The van der Waals surface area contributed by atoms with Crippen molar-refractivity contribution in [2.24, 2.45) is 0 Å². The molecule has 0 atom stereocenters. The summed E-state index contributed by atoms with van der Waals surface area (Å²) in [5.74, 6) is 6.97. The lowest BCUT2D eigenvalue weighted by molar-refractivity contribution is 0.665. The molecule has 0 fully saturated rings. The third-order valence-electron chi connectivity index (χ3n) is 5.00. The van der Waals surface area contributed by atoms with Crippen LogP contribution in [0.15, 0.2) is 83.5 Å². The lowest BCUT2D eigenvalue weighted by Crippen LogP contribution is -1.89. The van der Waals surface area contributed by atoms with E-state index in [0.29, 0.717) is 0 Å². The smallest absolute Gasteiger partial charge is 0.0310 e. The fourth-order valence-corrected chi connectivity index (χ4v) is 3.18. The van der Waals surface area contributed by atoms with Crippen LogP contribution >= 0.6 is 0 Å². The normalized spacial score (nSPS) is 11.6. The monoisotopic (exact) mass is 382 g/mol. The molecule has 0 nitrogen and oxygen atoms in total. The van der Waals surface area contributed by atoms with E-state index in [1.165, 1.54) is 53.5 Å². The highest BCUT2D eigenvalue weighted by atomic mass is 14.1. The maximum atomic E-state index is 3.51. The summed E-state index contributed by atoms with van der Waals surface area (Å²) in [6.45, 7) is 8.75. The van der Waals surface area contributed by atoms with Gasteiger partial charge in [0.05, 0.1) is 0 Å². The third-order valence-corrected chi connectivity index (χ3v) is 5.00. The van der Waals surface area contributed by atoms with E-state index < -0.39 is 0 Å². The molecule has 0 bridgehead atoms. The fourth-order valence-electron chi connectivity index (χ4n) is 3.18. The Morgan fingerprint density at radius 3 is 2.07 bits per heavy atom. The Morgan fingerprint density at radius 1 is 0.793 bits per heavy atom. The number of hydrogen-bond acceptors (Lipinski definition) is 0. The highest BCUT2D eigenvalue weighted by Crippen LogP contribution is 2.22. The molecule has 0 unspecified atom stereocenters. The molecule has 0 aliphatic rings. The van der Waals surface area contributed by atoms with Gasteiger partial charge in [-0.15, -0.1) is 0 Å². The summed E-state index contributed by atoms with van der Waals surface area (Å²) in [7, 11) is 0. The van der Waals surface area contributed by atoms with Crippen LogP contribution < -0.4 is 0 Å². The van der Waals surface area contributed by atoms with Gasteiger partial charge in [0.25, 0.3) is 0 Å². The molecule has 2 rings (SSSR count). The molecule has 0 saturated heterocycles. The third kappa shape index (κ3) is 8.00. The molecule has 0 amide bonds. The van der Waals surface area contributed by atoms with E-state index in [4.69, 9.17) is 0 Å². The SMILES string of the molecule is CCCCCC/C(C)=C(/C#CC(/C=C/c1ccccc1)=C(C)C)c1ccccc1. The summed E-state index contributed by atoms with van der Waals surface area (Å²) in [6, 6.07) is 21.0. The van der Waals surface area contributed by atoms with E-state index in [1.54, 1.807) is 0 Å². The minimum absolute atomic E-state index is 1.08. The lowest BCUT2D eigenvalue weighted by atomic mass is 9.96. The summed E-state index contributed by atoms with van der Waals surface area (Å²) in [5.41, 5.74) is 7.29. The maximum Gasteiger partial charge on any atom is 0.0310 e. The highest BCUT2D eigenvalue weighted by molar-refractivity contribution is 5.82. The Balaban J connectivity index is 2.31. The van der Waals surface area contributed by atoms with Crippen molar-refractivity contribution in [2.45, 2.75) is 59.8 Å². The van der Waals surface area contributed by atoms with E-state index in [1.807, 2.05) is 6.07 Å². The Kier molecular flexibility index (Phi) is 9.81. The van der Waals surface area contributed by atoms with Crippen LogP contribution in [0.4, 0.5) is 0 Å². The van der Waals surface area contributed by atoms with Gasteiger partial charge in [-0.25, -0.2) is 0 Å². The van der Waals surface area contributed by atoms with Crippen molar-refractivity contribution >= 4 is 11.6 Å². The molecule has 0 aromatic heterocycles. The van der Waals surface area contributed by atoms with Gasteiger partial charge in [-0.05, 0) is 50.8 Å². The minimum Gasteiger partial charge on any atom is -0.0654 e. The zero-order valence-corrected chi connectivity index (χ0v) is 18.5. The van der Waals surface area contributed by atoms with Crippen LogP contribution in [0.25, 0.3) is 11.6 Å². The van der Waals surface area contributed by atoms with Gasteiger partial charge in [0, 0.05) is 11.1 Å². The standard InChI is InChI=1S/C29H34/c1-5-6-7-10-15-25(4)29(28-18-13-9-14-19-28)23-22-27(24(2)3)21-20-26-16-11-8-12-17-26/h8-9,11-14,16-21H,5-7,10,15H2,1-4H3/b21-20+,29-25-. The molecule has 29 heavy (non-hydrogen) atoms. The first kappa shape index (κ1) is 22.5. The van der Waals surface area contributed by atoms with Gasteiger partial charge in [-0.3, -0.25) is 0 Å². The number of unbranched alkanes of at least 4 members (excludes halogenated alkanes) is 3. The second-order valence-corrected chi connectivity index (χ2v) is 7.74. The van der Waals surface area contributed by atoms with Gasteiger partial charge >= 0.3 is 0 Å². The van der Waals surface area contributed by atoms with Gasteiger partial charge in [0.2, 0.25) is 0 Å². The molecular weight excluding hydrogens is 348 g/mol. The van der Waals surface area contributed by atoms with Gasteiger partial charge in [-0.1, -0.05) is 116 Å². The predicted molar refractivity (Wildman–Crippen MR) is 129 cm³/mol. The van der Waals surface area contributed by atoms with Crippen LogP contribution in [0, 0.1) is 11.8 Å². The van der Waals surface area contributed by atoms with E-state index in [9.17, 15) is 0 Å². The number of allylic oxidation sites excluding steroid dienone is 5. The van der Waals surface area contributed by atoms with E-state index >= 15 is 0 Å². The second kappa shape index (κ2) is 12.6. The van der Waals surface area contributed by atoms with Crippen molar-refractivity contribution in [2.75, 3.05) is 0 Å². The van der Waals surface area contributed by atoms with E-state index in [2.05, 4.69) is 106 Å². The molecule has 2 aromatic rings. The van der Waals surface area contributed by atoms with Crippen molar-refractivity contribution in [3.8, 4) is 11.8 Å². The molecule has 0 spiro atoms. The minimum atomic E-state index is 1.08. The molecule has 0 heteroatoms. The van der Waals surface area contributed by atoms with Gasteiger partial charge in [0.15, 0.2) is 0 Å². The van der Waals surface area contributed by atoms with Crippen LogP contribution in [-0.4, -0.2) is 0 Å². The van der Waals surface area contributed by atoms with Gasteiger partial charge < -0.3 is 0 Å². The average Bonchev–Trinajstić information content (AvgIpc) is 2.74. The second-order valence-electron chi connectivity index (χ2n) is 7.74. The van der Waals surface area contributed by atoms with Crippen molar-refractivity contribution in [1.82, 2.24) is 0 Å². The molecule has 0 saturated carbocycles. The van der Waals surface area contributed by atoms with Crippen LogP contribution in [-0.2, 0) is 0 Å². The zero-order chi connectivity index (χ0) is 20.9. The first-order chi connectivity index (χ1) is 14.1. The fraction of sp³-hybridized carbons (Fsp3) is 0.310. The van der Waals surface area contributed by atoms with Crippen molar-refractivity contribution in [1.29, 1.82) is 0 Å². The topological polar surface area (TPSA) is 0 Å². The van der Waals surface area contributed by atoms with Crippen LogP contribution in [0.3, 0.4) is 0 Å². The van der Waals surface area contributed by atoms with Gasteiger partial charge in [-0.2, -0.15) is 0 Å². The Morgan fingerprint density at radius 2 is 1.45 bits per heavy atom. The Labute approximate surface area is 178 Å². The molecule has 0 aliphatic heterocycles. The summed E-state index contributed by atoms with van der Waals surface area (Å²) in [5, 5.41) is 0. The lowest BCUT2D eigenvalue weighted by Gasteiger charge is -2.08. The number of benzene rings is 2.